The third kappa shape index (κ3) is 27.5. The first-order valence-electron chi connectivity index (χ1n) is 15.9. The molecule has 0 amide bonds. The minimum absolute atomic E-state index is 0.00541. The van der Waals surface area contributed by atoms with Gasteiger partial charge in [0.15, 0.2) is 0 Å². The van der Waals surface area contributed by atoms with E-state index >= 15 is 0 Å². The van der Waals surface area contributed by atoms with E-state index in [1.807, 2.05) is 0 Å². The summed E-state index contributed by atoms with van der Waals surface area (Å²) < 4.78 is 10.6. The maximum atomic E-state index is 11.8. The Morgan fingerprint density at radius 2 is 0.861 bits per heavy atom. The lowest BCUT2D eigenvalue weighted by molar-refractivity contribution is -0.144. The highest BCUT2D eigenvalue weighted by atomic mass is 16.5. The van der Waals surface area contributed by atoms with Crippen LogP contribution in [0.2, 0.25) is 0 Å². The molecular formula is C32H62O4. The average Bonchev–Trinajstić information content (AvgIpc) is 2.87. The van der Waals surface area contributed by atoms with Crippen molar-refractivity contribution < 1.29 is 19.1 Å². The molecular weight excluding hydrogens is 448 g/mol. The highest BCUT2D eigenvalue weighted by Crippen LogP contribution is 2.17. The minimum Gasteiger partial charge on any atom is -0.466 e. The van der Waals surface area contributed by atoms with E-state index in [2.05, 4.69) is 20.8 Å². The molecule has 0 heterocycles. The van der Waals surface area contributed by atoms with Crippen molar-refractivity contribution in [2.75, 3.05) is 13.2 Å². The fourth-order valence-corrected chi connectivity index (χ4v) is 4.61. The fourth-order valence-electron chi connectivity index (χ4n) is 4.61. The predicted octanol–water partition coefficient (Wildman–Crippen LogP) is 10.1. The summed E-state index contributed by atoms with van der Waals surface area (Å²) in [6, 6.07) is 0. The van der Waals surface area contributed by atoms with Gasteiger partial charge in [-0.25, -0.2) is 0 Å². The number of hydrogen-bond acceptors (Lipinski definition) is 4. The van der Waals surface area contributed by atoms with Crippen LogP contribution in [0, 0.1) is 5.92 Å². The molecule has 0 bridgehead atoms. The van der Waals surface area contributed by atoms with E-state index in [1.54, 1.807) is 0 Å². The molecule has 0 saturated heterocycles. The number of rotatable bonds is 28. The fraction of sp³-hybridized carbons (Fsp3) is 0.938. The first-order valence-corrected chi connectivity index (χ1v) is 15.9. The SMILES string of the molecule is CCCCCCOC(=O)CCCCCCCCCCCCCCC(C)CCC(=O)OCCCCCC. The van der Waals surface area contributed by atoms with E-state index in [4.69, 9.17) is 9.47 Å². The zero-order valence-electron chi connectivity index (χ0n) is 24.6. The summed E-state index contributed by atoms with van der Waals surface area (Å²) in [5.41, 5.74) is 0. The topological polar surface area (TPSA) is 52.6 Å². The molecule has 1 atom stereocenters. The summed E-state index contributed by atoms with van der Waals surface area (Å²) in [4.78, 5) is 23.5. The van der Waals surface area contributed by atoms with Gasteiger partial charge in [0.05, 0.1) is 13.2 Å². The van der Waals surface area contributed by atoms with Crippen molar-refractivity contribution >= 4 is 11.9 Å². The van der Waals surface area contributed by atoms with Gasteiger partial charge in [-0.3, -0.25) is 9.59 Å². The van der Waals surface area contributed by atoms with E-state index in [-0.39, 0.29) is 11.9 Å². The van der Waals surface area contributed by atoms with E-state index in [1.165, 1.54) is 109 Å². The maximum Gasteiger partial charge on any atom is 0.305 e. The molecule has 0 aromatic carbocycles. The smallest absolute Gasteiger partial charge is 0.305 e. The summed E-state index contributed by atoms with van der Waals surface area (Å²) >= 11 is 0. The van der Waals surface area contributed by atoms with E-state index in [9.17, 15) is 9.59 Å². The minimum atomic E-state index is -0.00783. The van der Waals surface area contributed by atoms with Crippen LogP contribution < -0.4 is 0 Å². The maximum absolute atomic E-state index is 11.8. The van der Waals surface area contributed by atoms with Crippen molar-refractivity contribution in [3.8, 4) is 0 Å². The zero-order chi connectivity index (χ0) is 26.5. The Balaban J connectivity index is 3.28. The first-order chi connectivity index (χ1) is 17.6. The van der Waals surface area contributed by atoms with Crippen LogP contribution in [0.4, 0.5) is 0 Å². The van der Waals surface area contributed by atoms with Crippen molar-refractivity contribution in [3.05, 3.63) is 0 Å². The quantitative estimate of drug-likeness (QED) is 0.0776. The third-order valence-corrected chi connectivity index (χ3v) is 7.19. The molecule has 0 radical (unpaired) electrons. The van der Waals surface area contributed by atoms with Gasteiger partial charge >= 0.3 is 11.9 Å². The molecule has 36 heavy (non-hydrogen) atoms. The van der Waals surface area contributed by atoms with E-state index in [0.717, 1.165) is 32.1 Å². The zero-order valence-corrected chi connectivity index (χ0v) is 24.6. The van der Waals surface area contributed by atoms with Gasteiger partial charge in [-0.15, -0.1) is 0 Å². The van der Waals surface area contributed by atoms with Crippen LogP contribution in [0.3, 0.4) is 0 Å². The molecule has 0 aliphatic heterocycles. The van der Waals surface area contributed by atoms with Crippen LogP contribution in [0.15, 0.2) is 0 Å². The van der Waals surface area contributed by atoms with Crippen molar-refractivity contribution in [1.82, 2.24) is 0 Å². The van der Waals surface area contributed by atoms with Gasteiger partial charge in [-0.1, -0.05) is 136 Å². The highest BCUT2D eigenvalue weighted by Gasteiger charge is 2.08. The number of unbranched alkanes of at least 4 members (excludes halogenated alkanes) is 17. The Bertz CT molecular complexity index is 477. The second kappa shape index (κ2) is 28.5. The second-order valence-corrected chi connectivity index (χ2v) is 11.0. The molecule has 0 N–H and O–H groups in total. The van der Waals surface area contributed by atoms with Gasteiger partial charge in [0, 0.05) is 12.8 Å². The molecule has 4 heteroatoms. The van der Waals surface area contributed by atoms with Crippen LogP contribution in [0.1, 0.15) is 175 Å². The Hall–Kier alpha value is -1.06. The van der Waals surface area contributed by atoms with Crippen molar-refractivity contribution in [2.24, 2.45) is 5.92 Å². The van der Waals surface area contributed by atoms with E-state index in [0.29, 0.717) is 32.0 Å². The van der Waals surface area contributed by atoms with Crippen LogP contribution in [0.5, 0.6) is 0 Å². The molecule has 0 aromatic heterocycles. The number of esters is 2. The predicted molar refractivity (Wildman–Crippen MR) is 153 cm³/mol. The van der Waals surface area contributed by atoms with Gasteiger partial charge in [-0.2, -0.15) is 0 Å². The summed E-state index contributed by atoms with van der Waals surface area (Å²) in [7, 11) is 0. The normalized spacial score (nSPS) is 12.0. The summed E-state index contributed by atoms with van der Waals surface area (Å²) in [5.74, 6) is 0.611. The molecule has 1 unspecified atom stereocenters. The lowest BCUT2D eigenvalue weighted by Crippen LogP contribution is -2.08. The number of carbonyl (C=O) groups is 2. The second-order valence-electron chi connectivity index (χ2n) is 11.0. The summed E-state index contributed by atoms with van der Waals surface area (Å²) in [6.07, 6.45) is 28.1. The summed E-state index contributed by atoms with van der Waals surface area (Å²) in [6.45, 7) is 7.87. The standard InChI is InChI=1S/C32H62O4/c1-4-6-8-22-28-35-31(33)25-21-19-17-15-13-11-10-12-14-16-18-20-24-30(3)26-27-32(34)36-29-23-9-7-5-2/h30H,4-29H2,1-3H3. The lowest BCUT2D eigenvalue weighted by Gasteiger charge is -2.11. The lowest BCUT2D eigenvalue weighted by atomic mass is 9.97. The largest absolute Gasteiger partial charge is 0.466 e. The van der Waals surface area contributed by atoms with Crippen molar-refractivity contribution in [2.45, 2.75) is 175 Å². The molecule has 0 aromatic rings. The van der Waals surface area contributed by atoms with Gasteiger partial charge in [-0.05, 0) is 31.6 Å². The molecule has 4 nitrogen and oxygen atoms in total. The molecule has 214 valence electrons. The molecule has 0 fully saturated rings. The third-order valence-electron chi connectivity index (χ3n) is 7.19. The Morgan fingerprint density at radius 1 is 0.472 bits per heavy atom. The van der Waals surface area contributed by atoms with E-state index < -0.39 is 0 Å². The Morgan fingerprint density at radius 3 is 1.33 bits per heavy atom. The summed E-state index contributed by atoms with van der Waals surface area (Å²) in [5, 5.41) is 0. The van der Waals surface area contributed by atoms with Crippen LogP contribution in [0.25, 0.3) is 0 Å². The number of ether oxygens (including phenoxy) is 2. The number of carbonyl (C=O) groups excluding carboxylic acids is 2. The molecule has 0 aliphatic rings. The molecule has 0 aliphatic carbocycles. The number of hydrogen-bond donors (Lipinski definition) is 0. The van der Waals surface area contributed by atoms with Crippen LogP contribution in [-0.2, 0) is 19.1 Å². The molecule has 0 saturated carbocycles. The Labute approximate surface area is 225 Å². The van der Waals surface area contributed by atoms with Gasteiger partial charge < -0.3 is 9.47 Å². The van der Waals surface area contributed by atoms with Gasteiger partial charge in [0.2, 0.25) is 0 Å². The Kier molecular flexibility index (Phi) is 27.7. The van der Waals surface area contributed by atoms with Crippen molar-refractivity contribution in [1.29, 1.82) is 0 Å². The van der Waals surface area contributed by atoms with Crippen LogP contribution >= 0.6 is 0 Å². The molecule has 0 spiro atoms. The van der Waals surface area contributed by atoms with Crippen molar-refractivity contribution in [3.63, 3.8) is 0 Å². The van der Waals surface area contributed by atoms with Gasteiger partial charge in [0.25, 0.3) is 0 Å². The van der Waals surface area contributed by atoms with Gasteiger partial charge in [0.1, 0.15) is 0 Å². The average molecular weight is 511 g/mol. The highest BCUT2D eigenvalue weighted by molar-refractivity contribution is 5.69. The van der Waals surface area contributed by atoms with Crippen LogP contribution in [-0.4, -0.2) is 25.2 Å². The molecule has 0 rings (SSSR count). The monoisotopic (exact) mass is 510 g/mol. The first kappa shape index (κ1) is 34.9.